The lowest BCUT2D eigenvalue weighted by molar-refractivity contribution is -0.117. The molecular weight excluding hydrogens is 326 g/mol. The smallest absolute Gasteiger partial charge is 0.238 e. The summed E-state index contributed by atoms with van der Waals surface area (Å²) >= 11 is 0. The van der Waals surface area contributed by atoms with E-state index in [0.29, 0.717) is 5.69 Å². The Balaban J connectivity index is 1.98. The summed E-state index contributed by atoms with van der Waals surface area (Å²) in [6, 6.07) is 10.2. The molecule has 128 valence electrons. The van der Waals surface area contributed by atoms with Crippen LogP contribution < -0.4 is 5.32 Å². The molecular formula is C17H21N3O3S. The second kappa shape index (κ2) is 7.55. The summed E-state index contributed by atoms with van der Waals surface area (Å²) in [5.41, 5.74) is 1.65. The molecule has 7 heteroatoms. The van der Waals surface area contributed by atoms with Crippen LogP contribution in [0, 0.1) is 0 Å². The number of nitrogens with one attached hydrogen (secondary N) is 1. The number of aromatic nitrogens is 1. The van der Waals surface area contributed by atoms with Crippen molar-refractivity contribution >= 4 is 21.4 Å². The fraction of sp³-hybridized carbons (Fsp3) is 0.294. The zero-order valence-corrected chi connectivity index (χ0v) is 14.7. The van der Waals surface area contributed by atoms with E-state index < -0.39 is 9.84 Å². The first kappa shape index (κ1) is 18.1. The molecule has 0 aliphatic carbocycles. The molecule has 0 saturated heterocycles. The quantitative estimate of drug-likeness (QED) is 0.866. The molecule has 0 spiro atoms. The SMILES string of the molecule is C[C@@H](c1ccc(S(C)(=O)=O)cc1)N(C)CC(=O)Nc1ccncc1. The number of nitrogens with zero attached hydrogens (tertiary/aromatic N) is 2. The van der Waals surface area contributed by atoms with Crippen LogP contribution in [0.4, 0.5) is 5.69 Å². The summed E-state index contributed by atoms with van der Waals surface area (Å²) in [6.07, 6.45) is 4.41. The van der Waals surface area contributed by atoms with Crippen LogP contribution in [-0.2, 0) is 14.6 Å². The molecule has 0 aliphatic rings. The predicted molar refractivity (Wildman–Crippen MR) is 93.5 cm³/mol. The molecule has 2 rings (SSSR count). The summed E-state index contributed by atoms with van der Waals surface area (Å²) in [5, 5.41) is 2.81. The average Bonchev–Trinajstić information content (AvgIpc) is 2.54. The van der Waals surface area contributed by atoms with Crippen LogP contribution in [-0.4, -0.2) is 44.1 Å². The molecule has 24 heavy (non-hydrogen) atoms. The van der Waals surface area contributed by atoms with Gasteiger partial charge in [0.1, 0.15) is 0 Å². The van der Waals surface area contributed by atoms with Gasteiger partial charge in [-0.1, -0.05) is 12.1 Å². The van der Waals surface area contributed by atoms with Crippen molar-refractivity contribution in [2.75, 3.05) is 25.2 Å². The number of pyridine rings is 1. The Labute approximate surface area is 142 Å². The zero-order chi connectivity index (χ0) is 17.7. The Morgan fingerprint density at radius 2 is 1.75 bits per heavy atom. The van der Waals surface area contributed by atoms with Crippen LogP contribution in [0.1, 0.15) is 18.5 Å². The lowest BCUT2D eigenvalue weighted by Crippen LogP contribution is -2.32. The number of anilines is 1. The van der Waals surface area contributed by atoms with E-state index in [-0.39, 0.29) is 23.4 Å². The van der Waals surface area contributed by atoms with Gasteiger partial charge in [0.2, 0.25) is 5.91 Å². The van der Waals surface area contributed by atoms with Crippen LogP contribution in [0.2, 0.25) is 0 Å². The van der Waals surface area contributed by atoms with Gasteiger partial charge in [0.25, 0.3) is 0 Å². The minimum atomic E-state index is -3.20. The highest BCUT2D eigenvalue weighted by Gasteiger charge is 2.16. The highest BCUT2D eigenvalue weighted by molar-refractivity contribution is 7.90. The molecule has 2 aromatic rings. The molecule has 1 atom stereocenters. The maximum Gasteiger partial charge on any atom is 0.238 e. The fourth-order valence-electron chi connectivity index (χ4n) is 2.25. The van der Waals surface area contributed by atoms with E-state index in [0.717, 1.165) is 5.56 Å². The fourth-order valence-corrected chi connectivity index (χ4v) is 2.88. The van der Waals surface area contributed by atoms with Gasteiger partial charge >= 0.3 is 0 Å². The summed E-state index contributed by atoms with van der Waals surface area (Å²) in [6.45, 7) is 2.19. The number of hydrogen-bond donors (Lipinski definition) is 1. The molecule has 1 aromatic heterocycles. The van der Waals surface area contributed by atoms with Crippen LogP contribution in [0.25, 0.3) is 0 Å². The lowest BCUT2D eigenvalue weighted by Gasteiger charge is -2.24. The van der Waals surface area contributed by atoms with Crippen LogP contribution >= 0.6 is 0 Å². The van der Waals surface area contributed by atoms with Crippen LogP contribution in [0.5, 0.6) is 0 Å². The monoisotopic (exact) mass is 347 g/mol. The van der Waals surface area contributed by atoms with E-state index in [1.54, 1.807) is 48.8 Å². The molecule has 0 bridgehead atoms. The van der Waals surface area contributed by atoms with Gasteiger partial charge in [-0.3, -0.25) is 14.7 Å². The molecule has 0 radical (unpaired) electrons. The topological polar surface area (TPSA) is 79.4 Å². The van der Waals surface area contributed by atoms with Crippen molar-refractivity contribution in [1.82, 2.24) is 9.88 Å². The van der Waals surface area contributed by atoms with Gasteiger partial charge in [-0.25, -0.2) is 8.42 Å². The number of carbonyl (C=O) groups is 1. The van der Waals surface area contributed by atoms with E-state index in [9.17, 15) is 13.2 Å². The van der Waals surface area contributed by atoms with Gasteiger partial charge in [0, 0.05) is 30.4 Å². The van der Waals surface area contributed by atoms with Crippen molar-refractivity contribution < 1.29 is 13.2 Å². The number of hydrogen-bond acceptors (Lipinski definition) is 5. The Hall–Kier alpha value is -2.25. The Bertz CT molecular complexity index is 790. The summed E-state index contributed by atoms with van der Waals surface area (Å²) < 4.78 is 23.0. The molecule has 6 nitrogen and oxygen atoms in total. The molecule has 0 fully saturated rings. The molecule has 1 amide bonds. The summed E-state index contributed by atoms with van der Waals surface area (Å²) in [5.74, 6) is -0.122. The highest BCUT2D eigenvalue weighted by atomic mass is 32.2. The van der Waals surface area contributed by atoms with Crippen molar-refractivity contribution in [1.29, 1.82) is 0 Å². The Kier molecular flexibility index (Phi) is 5.69. The van der Waals surface area contributed by atoms with Gasteiger partial charge in [0.05, 0.1) is 11.4 Å². The van der Waals surface area contributed by atoms with Crippen LogP contribution in [0.15, 0.2) is 53.7 Å². The lowest BCUT2D eigenvalue weighted by atomic mass is 10.1. The third-order valence-corrected chi connectivity index (χ3v) is 4.94. The number of rotatable bonds is 6. The minimum Gasteiger partial charge on any atom is -0.325 e. The van der Waals surface area contributed by atoms with Crippen molar-refractivity contribution in [2.45, 2.75) is 17.9 Å². The van der Waals surface area contributed by atoms with E-state index in [1.165, 1.54) is 6.26 Å². The van der Waals surface area contributed by atoms with Crippen LogP contribution in [0.3, 0.4) is 0 Å². The number of benzene rings is 1. The normalized spacial score (nSPS) is 12.8. The number of likely N-dealkylation sites (N-methyl/N-ethyl adjacent to an activating group) is 1. The Morgan fingerprint density at radius 3 is 2.29 bits per heavy atom. The van der Waals surface area contributed by atoms with Gasteiger partial charge in [-0.05, 0) is 43.8 Å². The first-order chi connectivity index (χ1) is 11.3. The van der Waals surface area contributed by atoms with Crippen molar-refractivity contribution in [3.63, 3.8) is 0 Å². The standard InChI is InChI=1S/C17H21N3O3S/c1-13(14-4-6-16(7-5-14)24(3,22)23)20(2)12-17(21)19-15-8-10-18-11-9-15/h4-11,13H,12H2,1-3H3,(H,18,19,21)/t13-/m0/s1. The van der Waals surface area contributed by atoms with Gasteiger partial charge < -0.3 is 5.32 Å². The number of amides is 1. The summed E-state index contributed by atoms with van der Waals surface area (Å²) in [4.78, 5) is 18.2. The van der Waals surface area contributed by atoms with E-state index in [4.69, 9.17) is 0 Å². The second-order valence-corrected chi connectivity index (χ2v) is 7.73. The highest BCUT2D eigenvalue weighted by Crippen LogP contribution is 2.20. The molecule has 1 heterocycles. The average molecular weight is 347 g/mol. The number of sulfone groups is 1. The zero-order valence-electron chi connectivity index (χ0n) is 13.9. The van der Waals surface area contributed by atoms with Gasteiger partial charge in [-0.15, -0.1) is 0 Å². The van der Waals surface area contributed by atoms with Crippen molar-refractivity contribution in [2.24, 2.45) is 0 Å². The first-order valence-electron chi connectivity index (χ1n) is 7.47. The maximum atomic E-state index is 12.1. The molecule has 0 aliphatic heterocycles. The molecule has 0 unspecified atom stereocenters. The maximum absolute atomic E-state index is 12.1. The third-order valence-electron chi connectivity index (χ3n) is 3.81. The largest absolute Gasteiger partial charge is 0.325 e. The van der Waals surface area contributed by atoms with Gasteiger partial charge in [0.15, 0.2) is 9.84 Å². The Morgan fingerprint density at radius 1 is 1.17 bits per heavy atom. The van der Waals surface area contributed by atoms with Crippen molar-refractivity contribution in [3.8, 4) is 0 Å². The van der Waals surface area contributed by atoms with E-state index >= 15 is 0 Å². The molecule has 0 saturated carbocycles. The third kappa shape index (κ3) is 4.87. The van der Waals surface area contributed by atoms with E-state index in [2.05, 4.69) is 10.3 Å². The van der Waals surface area contributed by atoms with Crippen molar-refractivity contribution in [3.05, 3.63) is 54.4 Å². The second-order valence-electron chi connectivity index (χ2n) is 5.72. The first-order valence-corrected chi connectivity index (χ1v) is 9.36. The van der Waals surface area contributed by atoms with E-state index in [1.807, 2.05) is 18.9 Å². The molecule has 1 aromatic carbocycles. The van der Waals surface area contributed by atoms with Gasteiger partial charge in [-0.2, -0.15) is 0 Å². The predicted octanol–water partition coefficient (Wildman–Crippen LogP) is 2.12. The number of carbonyl (C=O) groups excluding carboxylic acids is 1. The summed E-state index contributed by atoms with van der Waals surface area (Å²) in [7, 11) is -1.35. The minimum absolute atomic E-state index is 0.0261. The molecule has 1 N–H and O–H groups in total.